The quantitative estimate of drug-likeness (QED) is 0.894. The van der Waals surface area contributed by atoms with Crippen molar-refractivity contribution in [3.8, 4) is 0 Å². The monoisotopic (exact) mass is 319 g/mol. The van der Waals surface area contributed by atoms with E-state index < -0.39 is 0 Å². The van der Waals surface area contributed by atoms with Gasteiger partial charge in [-0.05, 0) is 51.7 Å². The highest BCUT2D eigenvalue weighted by atomic mass is 79.9. The Labute approximate surface area is 118 Å². The number of carbonyl (C=O) groups is 1. The van der Waals surface area contributed by atoms with Gasteiger partial charge in [0.25, 0.3) is 0 Å². The van der Waals surface area contributed by atoms with Crippen molar-refractivity contribution in [2.75, 3.05) is 5.32 Å². The maximum Gasteiger partial charge on any atom is 0.232 e. The van der Waals surface area contributed by atoms with Crippen molar-refractivity contribution in [3.05, 3.63) is 63.9 Å². The highest BCUT2D eigenvalue weighted by Gasteiger charge is 2.31. The first-order valence-electron chi connectivity index (χ1n) is 5.99. The number of rotatable bonds is 2. The molecule has 0 spiro atoms. The van der Waals surface area contributed by atoms with Crippen LogP contribution in [-0.2, 0) is 11.2 Å². The minimum absolute atomic E-state index is 0.0500. The molecule has 0 radical (unpaired) electrons. The van der Waals surface area contributed by atoms with Crippen LogP contribution in [0.4, 0.5) is 10.1 Å². The second kappa shape index (κ2) is 4.78. The van der Waals surface area contributed by atoms with E-state index in [-0.39, 0.29) is 17.6 Å². The summed E-state index contributed by atoms with van der Waals surface area (Å²) in [6.45, 7) is 0. The molecule has 2 aromatic rings. The summed E-state index contributed by atoms with van der Waals surface area (Å²) in [4.78, 5) is 12.2. The topological polar surface area (TPSA) is 29.1 Å². The summed E-state index contributed by atoms with van der Waals surface area (Å²) in [6, 6.07) is 12.1. The summed E-state index contributed by atoms with van der Waals surface area (Å²) in [6.07, 6.45) is 0.765. The number of carbonyl (C=O) groups excluding carboxylic acids is 1. The molecule has 19 heavy (non-hydrogen) atoms. The predicted octanol–water partition coefficient (Wildman–Crippen LogP) is 3.87. The molecular formula is C15H11BrFNO. The molecule has 96 valence electrons. The summed E-state index contributed by atoms with van der Waals surface area (Å²) in [7, 11) is 0. The van der Waals surface area contributed by atoms with Crippen molar-refractivity contribution in [1.82, 2.24) is 0 Å². The van der Waals surface area contributed by atoms with Crippen LogP contribution < -0.4 is 5.32 Å². The first-order chi connectivity index (χ1) is 9.15. The molecule has 1 aliphatic carbocycles. The van der Waals surface area contributed by atoms with E-state index in [0.29, 0.717) is 10.2 Å². The number of nitrogens with one attached hydrogen (secondary N) is 1. The molecular weight excluding hydrogens is 309 g/mol. The van der Waals surface area contributed by atoms with E-state index in [2.05, 4.69) is 21.2 Å². The summed E-state index contributed by atoms with van der Waals surface area (Å²) in [5.41, 5.74) is 2.90. The number of amides is 1. The Morgan fingerprint density at radius 1 is 1.26 bits per heavy atom. The van der Waals surface area contributed by atoms with Gasteiger partial charge in [-0.1, -0.05) is 24.3 Å². The number of benzene rings is 2. The van der Waals surface area contributed by atoms with E-state index in [0.717, 1.165) is 12.0 Å². The third-order valence-electron chi connectivity index (χ3n) is 3.36. The molecule has 0 aromatic heterocycles. The molecule has 4 heteroatoms. The van der Waals surface area contributed by atoms with Crippen molar-refractivity contribution in [1.29, 1.82) is 0 Å². The lowest BCUT2D eigenvalue weighted by Gasteiger charge is -2.29. The molecule has 0 aliphatic heterocycles. The molecule has 2 nitrogen and oxygen atoms in total. The second-order valence-electron chi connectivity index (χ2n) is 4.57. The lowest BCUT2D eigenvalue weighted by atomic mass is 9.77. The number of hydrogen-bond acceptors (Lipinski definition) is 1. The van der Waals surface area contributed by atoms with Crippen molar-refractivity contribution in [2.24, 2.45) is 0 Å². The average Bonchev–Trinajstić information content (AvgIpc) is 2.34. The fourth-order valence-electron chi connectivity index (χ4n) is 2.30. The van der Waals surface area contributed by atoms with E-state index in [4.69, 9.17) is 0 Å². The van der Waals surface area contributed by atoms with Crippen molar-refractivity contribution in [2.45, 2.75) is 12.3 Å². The Balaban J connectivity index is 1.77. The van der Waals surface area contributed by atoms with Crippen LogP contribution in [0, 0.1) is 5.82 Å². The van der Waals surface area contributed by atoms with Crippen LogP contribution in [0.5, 0.6) is 0 Å². The van der Waals surface area contributed by atoms with Gasteiger partial charge in [-0.2, -0.15) is 0 Å². The van der Waals surface area contributed by atoms with Crippen LogP contribution in [-0.4, -0.2) is 5.91 Å². The van der Waals surface area contributed by atoms with Crippen LogP contribution >= 0.6 is 15.9 Å². The highest BCUT2D eigenvalue weighted by Crippen LogP contribution is 2.36. The minimum atomic E-state index is -0.334. The van der Waals surface area contributed by atoms with E-state index in [1.807, 2.05) is 24.3 Å². The predicted molar refractivity (Wildman–Crippen MR) is 75.6 cm³/mol. The standard InChI is InChI=1S/C15H11BrFNO/c16-13-8-10(17)5-6-14(13)18-15(19)12-7-9-3-1-2-4-11(9)12/h1-6,8,12H,7H2,(H,18,19). The van der Waals surface area contributed by atoms with Crippen LogP contribution in [0.25, 0.3) is 0 Å². The van der Waals surface area contributed by atoms with Gasteiger partial charge in [0.1, 0.15) is 5.82 Å². The number of fused-ring (bicyclic) bond motifs is 1. The zero-order valence-electron chi connectivity index (χ0n) is 9.99. The van der Waals surface area contributed by atoms with Gasteiger partial charge < -0.3 is 5.32 Å². The van der Waals surface area contributed by atoms with Gasteiger partial charge in [0.2, 0.25) is 5.91 Å². The smallest absolute Gasteiger partial charge is 0.232 e. The Morgan fingerprint density at radius 2 is 2.05 bits per heavy atom. The second-order valence-corrected chi connectivity index (χ2v) is 5.42. The van der Waals surface area contributed by atoms with E-state index >= 15 is 0 Å². The molecule has 0 saturated carbocycles. The van der Waals surface area contributed by atoms with E-state index in [9.17, 15) is 9.18 Å². The number of halogens is 2. The molecule has 0 saturated heterocycles. The number of hydrogen-bond donors (Lipinski definition) is 1. The molecule has 0 bridgehead atoms. The Hall–Kier alpha value is -1.68. The minimum Gasteiger partial charge on any atom is -0.325 e. The molecule has 0 heterocycles. The van der Waals surface area contributed by atoms with Gasteiger partial charge in [0.05, 0.1) is 11.6 Å². The summed E-state index contributed by atoms with van der Waals surface area (Å²) < 4.78 is 13.5. The van der Waals surface area contributed by atoms with Gasteiger partial charge in [-0.25, -0.2) is 4.39 Å². The van der Waals surface area contributed by atoms with Crippen molar-refractivity contribution in [3.63, 3.8) is 0 Å². The average molecular weight is 320 g/mol. The van der Waals surface area contributed by atoms with Crippen molar-refractivity contribution >= 4 is 27.5 Å². The fraction of sp³-hybridized carbons (Fsp3) is 0.133. The first-order valence-corrected chi connectivity index (χ1v) is 6.78. The maximum atomic E-state index is 13.0. The molecule has 0 fully saturated rings. The van der Waals surface area contributed by atoms with Crippen LogP contribution in [0.3, 0.4) is 0 Å². The van der Waals surface area contributed by atoms with Crippen LogP contribution in [0.2, 0.25) is 0 Å². The molecule has 1 aliphatic rings. The van der Waals surface area contributed by atoms with Crippen LogP contribution in [0.1, 0.15) is 17.0 Å². The third kappa shape index (κ3) is 2.28. The van der Waals surface area contributed by atoms with Gasteiger partial charge in [-0.3, -0.25) is 4.79 Å². The Morgan fingerprint density at radius 3 is 2.79 bits per heavy atom. The lowest BCUT2D eigenvalue weighted by Crippen LogP contribution is -2.30. The van der Waals surface area contributed by atoms with Crippen LogP contribution in [0.15, 0.2) is 46.9 Å². The molecule has 2 aromatic carbocycles. The van der Waals surface area contributed by atoms with E-state index in [1.165, 1.54) is 17.7 Å². The van der Waals surface area contributed by atoms with E-state index in [1.54, 1.807) is 6.07 Å². The number of anilines is 1. The molecule has 1 amide bonds. The van der Waals surface area contributed by atoms with Crippen molar-refractivity contribution < 1.29 is 9.18 Å². The molecule has 1 unspecified atom stereocenters. The molecule has 1 atom stereocenters. The summed E-state index contributed by atoms with van der Waals surface area (Å²) in [5, 5.41) is 2.83. The third-order valence-corrected chi connectivity index (χ3v) is 4.02. The van der Waals surface area contributed by atoms with Gasteiger partial charge >= 0.3 is 0 Å². The summed E-state index contributed by atoms with van der Waals surface area (Å²) >= 11 is 3.24. The maximum absolute atomic E-state index is 13.0. The lowest BCUT2D eigenvalue weighted by molar-refractivity contribution is -0.118. The molecule has 3 rings (SSSR count). The fourth-order valence-corrected chi connectivity index (χ4v) is 2.75. The van der Waals surface area contributed by atoms with Gasteiger partial charge in [0, 0.05) is 4.47 Å². The summed E-state index contributed by atoms with van der Waals surface area (Å²) in [5.74, 6) is -0.488. The molecule has 1 N–H and O–H groups in total. The zero-order valence-corrected chi connectivity index (χ0v) is 11.6. The van der Waals surface area contributed by atoms with Gasteiger partial charge in [0.15, 0.2) is 0 Å². The zero-order chi connectivity index (χ0) is 13.4. The normalized spacial score (nSPS) is 16.4. The van der Waals surface area contributed by atoms with Gasteiger partial charge in [-0.15, -0.1) is 0 Å². The SMILES string of the molecule is O=C(Nc1ccc(F)cc1Br)C1Cc2ccccc21. The Bertz CT molecular complexity index is 656. The Kier molecular flexibility index (Phi) is 3.11. The highest BCUT2D eigenvalue weighted by molar-refractivity contribution is 9.10. The largest absolute Gasteiger partial charge is 0.325 e. The first kappa shape index (κ1) is 12.4.